The minimum absolute atomic E-state index is 0.0459. The monoisotopic (exact) mass is 290 g/mol. The van der Waals surface area contributed by atoms with E-state index in [1.54, 1.807) is 0 Å². The highest BCUT2D eigenvalue weighted by Crippen LogP contribution is 2.20. The molecule has 4 heteroatoms. The second-order valence-electron chi connectivity index (χ2n) is 5.91. The van der Waals surface area contributed by atoms with E-state index in [2.05, 4.69) is 24.4 Å². The van der Waals surface area contributed by atoms with Crippen LogP contribution in [0.3, 0.4) is 0 Å². The fraction of sp³-hybridized carbons (Fsp3) is 0.588. The van der Waals surface area contributed by atoms with Gasteiger partial charge in [-0.25, -0.2) is 0 Å². The number of hydrogen-bond acceptors (Lipinski definition) is 3. The number of aryl methyl sites for hydroxylation is 1. The summed E-state index contributed by atoms with van der Waals surface area (Å²) >= 11 is 0. The number of ether oxygens (including phenoxy) is 1. The number of hydrogen-bond donors (Lipinski definition) is 1. The molecule has 0 spiro atoms. The maximum Gasteiger partial charge on any atom is 0.226 e. The van der Waals surface area contributed by atoms with Crippen molar-refractivity contribution in [1.29, 1.82) is 0 Å². The minimum atomic E-state index is 0.0459. The zero-order chi connectivity index (χ0) is 15.2. The molecule has 1 saturated heterocycles. The maximum absolute atomic E-state index is 12.2. The molecule has 1 fully saturated rings. The van der Waals surface area contributed by atoms with Gasteiger partial charge in [-0.3, -0.25) is 4.79 Å². The van der Waals surface area contributed by atoms with E-state index in [4.69, 9.17) is 4.74 Å². The van der Waals surface area contributed by atoms with Crippen molar-refractivity contribution in [2.75, 3.05) is 26.7 Å². The Morgan fingerprint density at radius 2 is 1.95 bits per heavy atom. The van der Waals surface area contributed by atoms with Crippen LogP contribution >= 0.6 is 0 Å². The van der Waals surface area contributed by atoms with Crippen molar-refractivity contribution < 1.29 is 9.53 Å². The van der Waals surface area contributed by atoms with Crippen LogP contribution < -0.4 is 10.1 Å². The summed E-state index contributed by atoms with van der Waals surface area (Å²) in [6.45, 7) is 6.37. The number of nitrogens with zero attached hydrogens (tertiary/aromatic N) is 1. The van der Waals surface area contributed by atoms with E-state index in [9.17, 15) is 4.79 Å². The van der Waals surface area contributed by atoms with Gasteiger partial charge in [0.2, 0.25) is 5.91 Å². The standard InChI is InChI=1S/C17H26N2O2/c1-13-4-6-15(7-5-13)21-16-8-10-19(11-9-16)17(20)14(2)12-18-3/h4-7,14,16,18H,8-12H2,1-3H3. The van der Waals surface area contributed by atoms with Crippen LogP contribution in [0.25, 0.3) is 0 Å². The molecule has 0 bridgehead atoms. The first-order chi connectivity index (χ1) is 10.1. The largest absolute Gasteiger partial charge is 0.490 e. The molecule has 1 aliphatic rings. The Kier molecular flexibility index (Phi) is 5.62. The van der Waals surface area contributed by atoms with E-state index in [0.717, 1.165) is 38.2 Å². The van der Waals surface area contributed by atoms with Gasteiger partial charge in [0.15, 0.2) is 0 Å². The lowest BCUT2D eigenvalue weighted by atomic mass is 10.0. The molecule has 0 radical (unpaired) electrons. The molecule has 0 saturated carbocycles. The SMILES string of the molecule is CNCC(C)C(=O)N1CCC(Oc2ccc(C)cc2)CC1. The molecule has 4 nitrogen and oxygen atoms in total. The Hall–Kier alpha value is -1.55. The lowest BCUT2D eigenvalue weighted by Crippen LogP contribution is -2.45. The summed E-state index contributed by atoms with van der Waals surface area (Å²) in [5.41, 5.74) is 1.24. The first-order valence-electron chi connectivity index (χ1n) is 7.77. The number of amides is 1. The second kappa shape index (κ2) is 7.46. The van der Waals surface area contributed by atoms with Gasteiger partial charge in [-0.1, -0.05) is 24.6 Å². The van der Waals surface area contributed by atoms with E-state index >= 15 is 0 Å². The zero-order valence-corrected chi connectivity index (χ0v) is 13.3. The highest BCUT2D eigenvalue weighted by atomic mass is 16.5. The molecule has 1 heterocycles. The number of nitrogens with one attached hydrogen (secondary N) is 1. The van der Waals surface area contributed by atoms with Gasteiger partial charge in [-0.05, 0) is 26.1 Å². The van der Waals surface area contributed by atoms with Crippen LogP contribution in [0.2, 0.25) is 0 Å². The molecule has 1 aromatic carbocycles. The van der Waals surface area contributed by atoms with Gasteiger partial charge >= 0.3 is 0 Å². The predicted octanol–water partition coefficient (Wildman–Crippen LogP) is 2.22. The number of likely N-dealkylation sites (tertiary alicyclic amines) is 1. The summed E-state index contributed by atoms with van der Waals surface area (Å²) in [6.07, 6.45) is 2.04. The summed E-state index contributed by atoms with van der Waals surface area (Å²) in [6, 6.07) is 8.16. The Bertz CT molecular complexity index is 450. The molecule has 1 amide bonds. The smallest absolute Gasteiger partial charge is 0.226 e. The van der Waals surface area contributed by atoms with Gasteiger partial charge in [-0.2, -0.15) is 0 Å². The van der Waals surface area contributed by atoms with Crippen LogP contribution in [0.1, 0.15) is 25.3 Å². The van der Waals surface area contributed by atoms with E-state index in [1.165, 1.54) is 5.56 Å². The molecular weight excluding hydrogens is 264 g/mol. The molecule has 0 aliphatic carbocycles. The average Bonchev–Trinajstić information content (AvgIpc) is 2.50. The van der Waals surface area contributed by atoms with Crippen LogP contribution in [0.5, 0.6) is 5.75 Å². The van der Waals surface area contributed by atoms with Crippen LogP contribution in [0, 0.1) is 12.8 Å². The van der Waals surface area contributed by atoms with Gasteiger partial charge < -0.3 is 15.0 Å². The highest BCUT2D eigenvalue weighted by molar-refractivity contribution is 5.78. The van der Waals surface area contributed by atoms with Crippen molar-refractivity contribution in [1.82, 2.24) is 10.2 Å². The van der Waals surface area contributed by atoms with Crippen LogP contribution in [-0.4, -0.2) is 43.6 Å². The summed E-state index contributed by atoms with van der Waals surface area (Å²) in [5.74, 6) is 1.22. The third-order valence-corrected chi connectivity index (χ3v) is 4.01. The van der Waals surface area contributed by atoms with Gasteiger partial charge in [-0.15, -0.1) is 0 Å². The minimum Gasteiger partial charge on any atom is -0.490 e. The van der Waals surface area contributed by atoms with E-state index < -0.39 is 0 Å². The van der Waals surface area contributed by atoms with Gasteiger partial charge in [0.25, 0.3) is 0 Å². The van der Waals surface area contributed by atoms with Gasteiger partial charge in [0.05, 0.1) is 0 Å². The summed E-state index contributed by atoms with van der Waals surface area (Å²) in [5, 5.41) is 3.06. The van der Waals surface area contributed by atoms with Gasteiger partial charge in [0, 0.05) is 38.4 Å². The molecular formula is C17H26N2O2. The number of carbonyl (C=O) groups is 1. The van der Waals surface area contributed by atoms with E-state index in [1.807, 2.05) is 31.0 Å². The van der Waals surface area contributed by atoms with Crippen molar-refractivity contribution in [3.63, 3.8) is 0 Å². The van der Waals surface area contributed by atoms with Crippen molar-refractivity contribution in [2.45, 2.75) is 32.8 Å². The second-order valence-corrected chi connectivity index (χ2v) is 5.91. The topological polar surface area (TPSA) is 41.6 Å². The van der Waals surface area contributed by atoms with Gasteiger partial charge in [0.1, 0.15) is 11.9 Å². The molecule has 1 unspecified atom stereocenters. The number of carbonyl (C=O) groups excluding carboxylic acids is 1. The lowest BCUT2D eigenvalue weighted by molar-refractivity contribution is -0.136. The van der Waals surface area contributed by atoms with E-state index in [0.29, 0.717) is 0 Å². The summed E-state index contributed by atoms with van der Waals surface area (Å²) in [4.78, 5) is 14.2. The third-order valence-electron chi connectivity index (χ3n) is 4.01. The Morgan fingerprint density at radius 1 is 1.33 bits per heavy atom. The first-order valence-corrected chi connectivity index (χ1v) is 7.77. The Balaban J connectivity index is 1.80. The first kappa shape index (κ1) is 15.8. The maximum atomic E-state index is 12.2. The Labute approximate surface area is 127 Å². The summed E-state index contributed by atoms with van der Waals surface area (Å²) in [7, 11) is 1.88. The predicted molar refractivity (Wildman–Crippen MR) is 84.5 cm³/mol. The number of benzene rings is 1. The third kappa shape index (κ3) is 4.46. The molecule has 1 N–H and O–H groups in total. The number of rotatable bonds is 5. The molecule has 1 aromatic rings. The number of piperidine rings is 1. The molecule has 1 aliphatic heterocycles. The lowest BCUT2D eigenvalue weighted by Gasteiger charge is -2.33. The molecule has 21 heavy (non-hydrogen) atoms. The fourth-order valence-electron chi connectivity index (χ4n) is 2.71. The van der Waals surface area contributed by atoms with Crippen LogP contribution in [0.4, 0.5) is 0 Å². The van der Waals surface area contributed by atoms with Crippen LogP contribution in [-0.2, 0) is 4.79 Å². The van der Waals surface area contributed by atoms with Crippen molar-refractivity contribution in [3.8, 4) is 5.75 Å². The molecule has 116 valence electrons. The zero-order valence-electron chi connectivity index (χ0n) is 13.3. The van der Waals surface area contributed by atoms with E-state index in [-0.39, 0.29) is 17.9 Å². The van der Waals surface area contributed by atoms with Crippen molar-refractivity contribution in [3.05, 3.63) is 29.8 Å². The fourth-order valence-corrected chi connectivity index (χ4v) is 2.71. The molecule has 2 rings (SSSR count). The highest BCUT2D eigenvalue weighted by Gasteiger charge is 2.26. The van der Waals surface area contributed by atoms with Crippen molar-refractivity contribution >= 4 is 5.91 Å². The molecule has 0 aromatic heterocycles. The normalized spacial score (nSPS) is 17.6. The molecule has 1 atom stereocenters. The quantitative estimate of drug-likeness (QED) is 0.904. The Morgan fingerprint density at radius 3 is 2.52 bits per heavy atom. The summed E-state index contributed by atoms with van der Waals surface area (Å²) < 4.78 is 6.00. The average molecular weight is 290 g/mol. The van der Waals surface area contributed by atoms with Crippen LogP contribution in [0.15, 0.2) is 24.3 Å². The van der Waals surface area contributed by atoms with Crippen molar-refractivity contribution in [2.24, 2.45) is 5.92 Å².